The fourth-order valence-electron chi connectivity index (χ4n) is 2.24. The van der Waals surface area contributed by atoms with Crippen molar-refractivity contribution in [3.8, 4) is 5.75 Å². The van der Waals surface area contributed by atoms with Crippen LogP contribution in [0.4, 0.5) is 5.88 Å². The molecule has 1 aromatic carbocycles. The van der Waals surface area contributed by atoms with E-state index >= 15 is 0 Å². The summed E-state index contributed by atoms with van der Waals surface area (Å²) in [6.45, 7) is 8.19. The predicted octanol–water partition coefficient (Wildman–Crippen LogP) is 3.06. The van der Waals surface area contributed by atoms with Crippen LogP contribution in [0.15, 0.2) is 34.9 Å². The molecule has 0 saturated heterocycles. The minimum absolute atomic E-state index is 0.00705. The van der Waals surface area contributed by atoms with Crippen LogP contribution < -0.4 is 15.4 Å². The Balaban J connectivity index is 1.94. The normalized spacial score (nSPS) is 13.4. The van der Waals surface area contributed by atoms with Gasteiger partial charge in [0.25, 0.3) is 0 Å². The standard InChI is InChI=1S/C17H23N3O3/c1-5-22-15-8-6-7-14(10-15)12(3)18-13(4)17(21)19-16-9-11(2)20-23-16/h6-10,12-13,18H,5H2,1-4H3,(H,19,21)/t12-,13-/m1/s1. The van der Waals surface area contributed by atoms with E-state index in [0.717, 1.165) is 17.0 Å². The number of aromatic nitrogens is 1. The van der Waals surface area contributed by atoms with E-state index in [2.05, 4.69) is 15.8 Å². The van der Waals surface area contributed by atoms with Gasteiger partial charge >= 0.3 is 0 Å². The maximum Gasteiger partial charge on any atom is 0.243 e. The zero-order valence-corrected chi connectivity index (χ0v) is 13.9. The zero-order valence-electron chi connectivity index (χ0n) is 13.9. The van der Waals surface area contributed by atoms with Crippen LogP contribution in [0.3, 0.4) is 0 Å². The SMILES string of the molecule is CCOc1cccc([C@@H](C)N[C@H](C)C(=O)Nc2cc(C)no2)c1. The van der Waals surface area contributed by atoms with Gasteiger partial charge in [-0.2, -0.15) is 0 Å². The van der Waals surface area contributed by atoms with Gasteiger partial charge < -0.3 is 9.26 Å². The third-order valence-corrected chi connectivity index (χ3v) is 3.44. The van der Waals surface area contributed by atoms with E-state index in [1.807, 2.05) is 38.1 Å². The van der Waals surface area contributed by atoms with Gasteiger partial charge in [0.15, 0.2) is 0 Å². The second kappa shape index (κ2) is 7.78. The summed E-state index contributed by atoms with van der Waals surface area (Å²) < 4.78 is 10.5. The van der Waals surface area contributed by atoms with Gasteiger partial charge in [0.05, 0.1) is 18.3 Å². The average molecular weight is 317 g/mol. The molecule has 0 aliphatic rings. The summed E-state index contributed by atoms with van der Waals surface area (Å²) in [5.74, 6) is 1.01. The lowest BCUT2D eigenvalue weighted by molar-refractivity contribution is -0.118. The maximum absolute atomic E-state index is 12.2. The molecule has 2 N–H and O–H groups in total. The molecule has 0 saturated carbocycles. The fraction of sp³-hybridized carbons (Fsp3) is 0.412. The van der Waals surface area contributed by atoms with Crippen LogP contribution >= 0.6 is 0 Å². The van der Waals surface area contributed by atoms with Crippen molar-refractivity contribution in [2.45, 2.75) is 39.8 Å². The summed E-state index contributed by atoms with van der Waals surface area (Å²) in [4.78, 5) is 12.2. The molecule has 2 atom stereocenters. The van der Waals surface area contributed by atoms with Crippen LogP contribution in [0.2, 0.25) is 0 Å². The first kappa shape index (κ1) is 17.0. The van der Waals surface area contributed by atoms with E-state index in [9.17, 15) is 4.79 Å². The van der Waals surface area contributed by atoms with Gasteiger partial charge in [-0.05, 0) is 45.4 Å². The van der Waals surface area contributed by atoms with E-state index in [4.69, 9.17) is 9.26 Å². The van der Waals surface area contributed by atoms with Gasteiger partial charge in [-0.15, -0.1) is 0 Å². The first-order valence-electron chi connectivity index (χ1n) is 7.72. The van der Waals surface area contributed by atoms with Crippen LogP contribution in [0, 0.1) is 6.92 Å². The summed E-state index contributed by atoms with van der Waals surface area (Å²) in [5, 5.41) is 9.70. The Bertz CT molecular complexity index is 654. The largest absolute Gasteiger partial charge is 0.494 e. The van der Waals surface area contributed by atoms with Crippen molar-refractivity contribution in [1.82, 2.24) is 10.5 Å². The molecule has 0 aliphatic carbocycles. The highest BCUT2D eigenvalue weighted by molar-refractivity contribution is 5.93. The second-order valence-corrected chi connectivity index (χ2v) is 5.44. The molecular weight excluding hydrogens is 294 g/mol. The Morgan fingerprint density at radius 3 is 2.78 bits per heavy atom. The molecule has 6 nitrogen and oxygen atoms in total. The Hall–Kier alpha value is -2.34. The van der Waals surface area contributed by atoms with Gasteiger partial charge in [-0.3, -0.25) is 15.4 Å². The van der Waals surface area contributed by atoms with Gasteiger partial charge in [0, 0.05) is 12.1 Å². The van der Waals surface area contributed by atoms with Crippen molar-refractivity contribution in [1.29, 1.82) is 0 Å². The van der Waals surface area contributed by atoms with Gasteiger partial charge in [0.1, 0.15) is 5.75 Å². The molecule has 0 aliphatic heterocycles. The maximum atomic E-state index is 12.2. The minimum atomic E-state index is -0.383. The third kappa shape index (κ3) is 4.82. The number of anilines is 1. The lowest BCUT2D eigenvalue weighted by Crippen LogP contribution is -2.39. The van der Waals surface area contributed by atoms with E-state index in [1.165, 1.54) is 0 Å². The molecule has 1 heterocycles. The number of carbonyl (C=O) groups excluding carboxylic acids is 1. The second-order valence-electron chi connectivity index (χ2n) is 5.44. The molecule has 1 aromatic heterocycles. The quantitative estimate of drug-likeness (QED) is 0.821. The van der Waals surface area contributed by atoms with Crippen molar-refractivity contribution in [2.24, 2.45) is 0 Å². The number of carbonyl (C=O) groups is 1. The number of hydrogen-bond donors (Lipinski definition) is 2. The Kier molecular flexibility index (Phi) is 5.76. The van der Waals surface area contributed by atoms with E-state index in [0.29, 0.717) is 12.5 Å². The fourth-order valence-corrected chi connectivity index (χ4v) is 2.24. The van der Waals surface area contributed by atoms with Crippen LogP contribution in [-0.2, 0) is 4.79 Å². The monoisotopic (exact) mass is 317 g/mol. The zero-order chi connectivity index (χ0) is 16.8. The van der Waals surface area contributed by atoms with E-state index in [1.54, 1.807) is 19.9 Å². The number of rotatable bonds is 7. The number of amides is 1. The third-order valence-electron chi connectivity index (χ3n) is 3.44. The summed E-state index contributed by atoms with van der Waals surface area (Å²) in [7, 11) is 0. The smallest absolute Gasteiger partial charge is 0.243 e. The molecule has 2 rings (SSSR count). The topological polar surface area (TPSA) is 76.4 Å². The molecule has 6 heteroatoms. The average Bonchev–Trinajstić information content (AvgIpc) is 2.92. The molecule has 0 spiro atoms. The minimum Gasteiger partial charge on any atom is -0.494 e. The van der Waals surface area contributed by atoms with Crippen molar-refractivity contribution in [3.63, 3.8) is 0 Å². The molecule has 0 radical (unpaired) electrons. The van der Waals surface area contributed by atoms with Crippen molar-refractivity contribution in [3.05, 3.63) is 41.6 Å². The number of hydrogen-bond acceptors (Lipinski definition) is 5. The lowest BCUT2D eigenvalue weighted by atomic mass is 10.1. The van der Waals surface area contributed by atoms with Crippen molar-refractivity contribution < 1.29 is 14.1 Å². The highest BCUT2D eigenvalue weighted by Gasteiger charge is 2.18. The van der Waals surface area contributed by atoms with Gasteiger partial charge in [-0.25, -0.2) is 0 Å². The summed E-state index contributed by atoms with van der Waals surface area (Å²) in [5.41, 5.74) is 1.79. The van der Waals surface area contributed by atoms with Crippen LogP contribution in [0.5, 0.6) is 5.75 Å². The highest BCUT2D eigenvalue weighted by Crippen LogP contribution is 2.19. The Morgan fingerprint density at radius 2 is 2.13 bits per heavy atom. The van der Waals surface area contributed by atoms with Gasteiger partial charge in [-0.1, -0.05) is 17.3 Å². The summed E-state index contributed by atoms with van der Waals surface area (Å²) in [6, 6.07) is 9.15. The van der Waals surface area contributed by atoms with Crippen molar-refractivity contribution in [2.75, 3.05) is 11.9 Å². The first-order valence-corrected chi connectivity index (χ1v) is 7.72. The van der Waals surface area contributed by atoms with Crippen LogP contribution in [0.1, 0.15) is 38.1 Å². The highest BCUT2D eigenvalue weighted by atomic mass is 16.5. The molecule has 2 aromatic rings. The molecule has 0 fully saturated rings. The Morgan fingerprint density at radius 1 is 1.35 bits per heavy atom. The molecular formula is C17H23N3O3. The van der Waals surface area contributed by atoms with E-state index in [-0.39, 0.29) is 18.0 Å². The van der Waals surface area contributed by atoms with E-state index < -0.39 is 0 Å². The summed E-state index contributed by atoms with van der Waals surface area (Å²) >= 11 is 0. The number of aryl methyl sites for hydroxylation is 1. The Labute approximate surface area is 136 Å². The number of nitrogens with zero attached hydrogens (tertiary/aromatic N) is 1. The van der Waals surface area contributed by atoms with Gasteiger partial charge in [0.2, 0.25) is 11.8 Å². The molecule has 0 bridgehead atoms. The number of benzene rings is 1. The number of nitrogens with one attached hydrogen (secondary N) is 2. The molecule has 1 amide bonds. The molecule has 0 unspecified atom stereocenters. The lowest BCUT2D eigenvalue weighted by Gasteiger charge is -2.20. The molecule has 23 heavy (non-hydrogen) atoms. The van der Waals surface area contributed by atoms with Crippen molar-refractivity contribution >= 4 is 11.8 Å². The summed E-state index contributed by atoms with van der Waals surface area (Å²) in [6.07, 6.45) is 0. The predicted molar refractivity (Wildman–Crippen MR) is 88.5 cm³/mol. The van der Waals surface area contributed by atoms with Crippen LogP contribution in [-0.4, -0.2) is 23.7 Å². The number of ether oxygens (including phenoxy) is 1. The molecule has 124 valence electrons. The van der Waals surface area contributed by atoms with Crippen LogP contribution in [0.25, 0.3) is 0 Å². The first-order chi connectivity index (χ1) is 11.0.